The average Bonchev–Trinajstić information content (AvgIpc) is 2.96. The number of imide groups is 2. The van der Waals surface area contributed by atoms with Crippen molar-refractivity contribution in [3.63, 3.8) is 0 Å². The van der Waals surface area contributed by atoms with Gasteiger partial charge in [0.25, 0.3) is 0 Å². The maximum absolute atomic E-state index is 11.2. The standard InChI is InChI=1S/C9H13N3O3/c1-11(6-2-3-6)4-5-12-8(14)7(13)10-9(12)15/h6H,2-5H2,1H3,(H,10,13,15). The lowest BCUT2D eigenvalue weighted by Crippen LogP contribution is -2.38. The predicted octanol–water partition coefficient (Wildman–Crippen LogP) is -0.841. The SMILES string of the molecule is CN(CCN1C(=O)NC(=O)C1=O)C1CC1. The Kier molecular flexibility index (Phi) is 2.44. The van der Waals surface area contributed by atoms with E-state index in [1.165, 1.54) is 12.8 Å². The maximum Gasteiger partial charge on any atom is 0.331 e. The number of likely N-dealkylation sites (N-methyl/N-ethyl adjacent to an activating group) is 1. The van der Waals surface area contributed by atoms with Crippen molar-refractivity contribution in [3.8, 4) is 0 Å². The first kappa shape index (κ1) is 10.1. The molecule has 15 heavy (non-hydrogen) atoms. The monoisotopic (exact) mass is 211 g/mol. The fraction of sp³-hybridized carbons (Fsp3) is 0.667. The molecule has 1 N–H and O–H groups in total. The first-order valence-electron chi connectivity index (χ1n) is 4.96. The number of urea groups is 1. The van der Waals surface area contributed by atoms with Gasteiger partial charge in [0, 0.05) is 19.1 Å². The largest absolute Gasteiger partial charge is 0.331 e. The zero-order valence-corrected chi connectivity index (χ0v) is 8.52. The van der Waals surface area contributed by atoms with Crippen molar-refractivity contribution >= 4 is 17.8 Å². The van der Waals surface area contributed by atoms with Crippen LogP contribution < -0.4 is 5.32 Å². The van der Waals surface area contributed by atoms with Crippen LogP contribution in [0.1, 0.15) is 12.8 Å². The molecule has 1 heterocycles. The van der Waals surface area contributed by atoms with Crippen molar-refractivity contribution in [2.45, 2.75) is 18.9 Å². The predicted molar refractivity (Wildman–Crippen MR) is 50.9 cm³/mol. The van der Waals surface area contributed by atoms with Gasteiger partial charge in [0.05, 0.1) is 0 Å². The Bertz CT molecular complexity index is 325. The third-order valence-electron chi connectivity index (χ3n) is 2.75. The first-order chi connectivity index (χ1) is 7.09. The average molecular weight is 211 g/mol. The zero-order valence-electron chi connectivity index (χ0n) is 8.52. The fourth-order valence-corrected chi connectivity index (χ4v) is 1.59. The number of amides is 4. The Morgan fingerprint density at radius 1 is 1.40 bits per heavy atom. The second-order valence-electron chi connectivity index (χ2n) is 3.93. The van der Waals surface area contributed by atoms with Crippen molar-refractivity contribution in [1.82, 2.24) is 15.1 Å². The van der Waals surface area contributed by atoms with Crippen LogP contribution in [0.4, 0.5) is 4.79 Å². The molecule has 82 valence electrons. The van der Waals surface area contributed by atoms with Gasteiger partial charge in [-0.3, -0.25) is 19.8 Å². The van der Waals surface area contributed by atoms with Gasteiger partial charge in [0.1, 0.15) is 0 Å². The van der Waals surface area contributed by atoms with Crippen molar-refractivity contribution in [1.29, 1.82) is 0 Å². The Morgan fingerprint density at radius 3 is 2.53 bits per heavy atom. The van der Waals surface area contributed by atoms with Gasteiger partial charge in [-0.25, -0.2) is 4.79 Å². The molecule has 0 unspecified atom stereocenters. The van der Waals surface area contributed by atoms with E-state index in [1.807, 2.05) is 12.4 Å². The van der Waals surface area contributed by atoms with Crippen molar-refractivity contribution in [3.05, 3.63) is 0 Å². The highest BCUT2D eigenvalue weighted by Gasteiger charge is 2.37. The Balaban J connectivity index is 1.85. The Morgan fingerprint density at radius 2 is 2.07 bits per heavy atom. The summed E-state index contributed by atoms with van der Waals surface area (Å²) in [4.78, 5) is 36.2. The highest BCUT2D eigenvalue weighted by molar-refractivity contribution is 6.44. The lowest BCUT2D eigenvalue weighted by molar-refractivity contribution is -0.140. The molecule has 0 atom stereocenters. The van der Waals surface area contributed by atoms with Gasteiger partial charge in [-0.05, 0) is 19.9 Å². The van der Waals surface area contributed by atoms with E-state index in [0.29, 0.717) is 12.6 Å². The lowest BCUT2D eigenvalue weighted by Gasteiger charge is -2.18. The summed E-state index contributed by atoms with van der Waals surface area (Å²) in [6, 6.07) is -0.0179. The Hall–Kier alpha value is -1.43. The molecule has 0 bridgehead atoms. The van der Waals surface area contributed by atoms with E-state index in [2.05, 4.69) is 4.90 Å². The van der Waals surface area contributed by atoms with E-state index in [0.717, 1.165) is 4.90 Å². The van der Waals surface area contributed by atoms with E-state index in [9.17, 15) is 14.4 Å². The molecule has 6 nitrogen and oxygen atoms in total. The summed E-state index contributed by atoms with van der Waals surface area (Å²) in [6.45, 7) is 0.903. The number of hydrogen-bond donors (Lipinski definition) is 1. The summed E-state index contributed by atoms with van der Waals surface area (Å²) in [6.07, 6.45) is 2.35. The normalized spacial score (nSPS) is 21.5. The van der Waals surface area contributed by atoms with Crippen LogP contribution in [0.25, 0.3) is 0 Å². The molecule has 1 aliphatic heterocycles. The molecule has 2 aliphatic rings. The van der Waals surface area contributed by atoms with Gasteiger partial charge in [-0.15, -0.1) is 0 Å². The number of nitrogens with zero attached hydrogens (tertiary/aromatic N) is 2. The molecule has 4 amide bonds. The summed E-state index contributed by atoms with van der Waals surface area (Å²) >= 11 is 0. The molecular weight excluding hydrogens is 198 g/mol. The van der Waals surface area contributed by atoms with Crippen LogP contribution in [-0.4, -0.2) is 53.8 Å². The van der Waals surface area contributed by atoms with Crippen LogP contribution in [0.3, 0.4) is 0 Å². The molecule has 1 saturated heterocycles. The van der Waals surface area contributed by atoms with Gasteiger partial charge in [0.2, 0.25) is 0 Å². The fourth-order valence-electron chi connectivity index (χ4n) is 1.59. The molecule has 0 aromatic heterocycles. The first-order valence-corrected chi connectivity index (χ1v) is 4.96. The summed E-state index contributed by atoms with van der Waals surface area (Å²) in [5, 5.41) is 1.97. The molecule has 1 aliphatic carbocycles. The summed E-state index contributed by atoms with van der Waals surface area (Å²) < 4.78 is 0. The zero-order chi connectivity index (χ0) is 11.0. The van der Waals surface area contributed by atoms with E-state index < -0.39 is 17.8 Å². The molecule has 6 heteroatoms. The Labute approximate surface area is 87.2 Å². The van der Waals surface area contributed by atoms with Crippen LogP contribution in [0.5, 0.6) is 0 Å². The number of carbonyl (C=O) groups excluding carboxylic acids is 3. The molecule has 2 rings (SSSR count). The molecular formula is C9H13N3O3. The minimum Gasteiger partial charge on any atom is -0.302 e. The molecule has 0 aromatic rings. The quantitative estimate of drug-likeness (QED) is 0.486. The van der Waals surface area contributed by atoms with Crippen molar-refractivity contribution in [2.24, 2.45) is 0 Å². The van der Waals surface area contributed by atoms with Crippen LogP contribution in [-0.2, 0) is 9.59 Å². The molecule has 0 aromatic carbocycles. The third kappa shape index (κ3) is 1.99. The second kappa shape index (κ2) is 3.62. The minimum absolute atomic E-state index is 0.281. The third-order valence-corrected chi connectivity index (χ3v) is 2.75. The number of rotatable bonds is 4. The van der Waals surface area contributed by atoms with E-state index in [1.54, 1.807) is 0 Å². The second-order valence-corrected chi connectivity index (χ2v) is 3.93. The topological polar surface area (TPSA) is 69.7 Å². The van der Waals surface area contributed by atoms with Crippen LogP contribution in [0.2, 0.25) is 0 Å². The lowest BCUT2D eigenvalue weighted by atomic mass is 10.4. The molecule has 0 radical (unpaired) electrons. The van der Waals surface area contributed by atoms with Crippen molar-refractivity contribution < 1.29 is 14.4 Å². The molecule has 2 fully saturated rings. The summed E-state index contributed by atoms with van der Waals surface area (Å²) in [5.74, 6) is -1.57. The van der Waals surface area contributed by atoms with Gasteiger partial charge < -0.3 is 4.90 Å². The maximum atomic E-state index is 11.2. The van der Waals surface area contributed by atoms with E-state index in [-0.39, 0.29) is 6.54 Å². The summed E-state index contributed by atoms with van der Waals surface area (Å²) in [7, 11) is 1.96. The molecule has 1 saturated carbocycles. The number of hydrogen-bond acceptors (Lipinski definition) is 4. The number of carbonyl (C=O) groups is 3. The minimum atomic E-state index is -0.825. The van der Waals surface area contributed by atoms with E-state index >= 15 is 0 Å². The van der Waals surface area contributed by atoms with Crippen LogP contribution >= 0.6 is 0 Å². The van der Waals surface area contributed by atoms with Gasteiger partial charge in [-0.1, -0.05) is 0 Å². The molecule has 0 spiro atoms. The van der Waals surface area contributed by atoms with Gasteiger partial charge in [-0.2, -0.15) is 0 Å². The highest BCUT2D eigenvalue weighted by atomic mass is 16.2. The van der Waals surface area contributed by atoms with Crippen molar-refractivity contribution in [2.75, 3.05) is 20.1 Å². The van der Waals surface area contributed by atoms with Crippen LogP contribution in [0.15, 0.2) is 0 Å². The summed E-state index contributed by atoms with van der Waals surface area (Å²) in [5.41, 5.74) is 0. The smallest absolute Gasteiger partial charge is 0.302 e. The van der Waals surface area contributed by atoms with Crippen LogP contribution in [0, 0.1) is 0 Å². The van der Waals surface area contributed by atoms with E-state index in [4.69, 9.17) is 0 Å². The van der Waals surface area contributed by atoms with Gasteiger partial charge in [0.15, 0.2) is 0 Å². The van der Waals surface area contributed by atoms with Gasteiger partial charge >= 0.3 is 17.8 Å². The highest BCUT2D eigenvalue weighted by Crippen LogP contribution is 2.24. The number of nitrogens with one attached hydrogen (secondary N) is 1.